The van der Waals surface area contributed by atoms with Crippen molar-refractivity contribution in [3.63, 3.8) is 0 Å². The van der Waals surface area contributed by atoms with E-state index in [0.29, 0.717) is 23.8 Å². The number of nitrogens with zero attached hydrogens (tertiary/aromatic N) is 2. The molecule has 0 aliphatic heterocycles. The van der Waals surface area contributed by atoms with Crippen molar-refractivity contribution in [2.45, 2.75) is 39.8 Å². The number of pyridine rings is 2. The summed E-state index contributed by atoms with van der Waals surface area (Å²) < 4.78 is 0. The maximum Gasteiger partial charge on any atom is 0.253 e. The number of aryl methyl sites for hydroxylation is 1. The number of unbranched alkanes of at least 4 members (excludes halogenated alkanes) is 1. The van der Waals surface area contributed by atoms with E-state index >= 15 is 0 Å². The van der Waals surface area contributed by atoms with Gasteiger partial charge < -0.3 is 15.2 Å². The maximum absolute atomic E-state index is 12.7. The zero-order valence-corrected chi connectivity index (χ0v) is 17.2. The molecule has 0 aliphatic rings. The number of hydrogen-bond acceptors (Lipinski definition) is 3. The Morgan fingerprint density at radius 2 is 2.11 bits per heavy atom. The molecule has 0 spiro atoms. The predicted octanol–water partition coefficient (Wildman–Crippen LogP) is 3.91. The summed E-state index contributed by atoms with van der Waals surface area (Å²) >= 11 is 5.63. The molecule has 0 amide bonds. The lowest BCUT2D eigenvalue weighted by atomic mass is 10.1. The van der Waals surface area contributed by atoms with E-state index < -0.39 is 0 Å². The summed E-state index contributed by atoms with van der Waals surface area (Å²) in [6, 6.07) is 11.9. The van der Waals surface area contributed by atoms with E-state index in [1.807, 2.05) is 54.4 Å². The average molecular weight is 395 g/mol. The Morgan fingerprint density at radius 3 is 2.86 bits per heavy atom. The van der Waals surface area contributed by atoms with E-state index in [4.69, 9.17) is 12.2 Å². The minimum Gasteiger partial charge on any atom is -0.363 e. The third-order valence-corrected chi connectivity index (χ3v) is 5.12. The number of H-pyrrole nitrogens is 1. The molecule has 28 heavy (non-hydrogen) atoms. The Kier molecular flexibility index (Phi) is 6.76. The lowest BCUT2D eigenvalue weighted by molar-refractivity contribution is 0.396. The fourth-order valence-electron chi connectivity index (χ4n) is 3.15. The fraction of sp³-hybridized carbons (Fsp3) is 0.318. The van der Waals surface area contributed by atoms with Gasteiger partial charge in [0, 0.05) is 31.0 Å². The van der Waals surface area contributed by atoms with E-state index in [9.17, 15) is 4.79 Å². The molecule has 0 radical (unpaired) electrons. The second-order valence-electron chi connectivity index (χ2n) is 6.97. The number of nitrogens with one attached hydrogen (secondary N) is 2. The quantitative estimate of drug-likeness (QED) is 0.470. The highest BCUT2D eigenvalue weighted by molar-refractivity contribution is 7.80. The van der Waals surface area contributed by atoms with Gasteiger partial charge >= 0.3 is 0 Å². The summed E-state index contributed by atoms with van der Waals surface area (Å²) in [4.78, 5) is 21.9. The normalized spacial score (nSPS) is 10.8. The van der Waals surface area contributed by atoms with Gasteiger partial charge in [0.2, 0.25) is 0 Å². The van der Waals surface area contributed by atoms with Crippen LogP contribution in [0.4, 0.5) is 0 Å². The second kappa shape index (κ2) is 9.46. The van der Waals surface area contributed by atoms with Crippen LogP contribution in [0.15, 0.2) is 53.6 Å². The van der Waals surface area contributed by atoms with Gasteiger partial charge in [0.05, 0.1) is 12.1 Å². The standard InChI is InChI=1S/C22H26N4OS/c1-3-4-11-24-22(28)26(14-17-8-6-10-23-13-17)15-19-12-18-9-5-7-16(2)20(18)25-21(19)27/h5-10,12-13H,3-4,11,14-15H2,1-2H3,(H,24,28)(H,25,27). The number of aromatic nitrogens is 2. The maximum atomic E-state index is 12.7. The second-order valence-corrected chi connectivity index (χ2v) is 7.35. The number of aromatic amines is 1. The molecule has 0 atom stereocenters. The van der Waals surface area contributed by atoms with Gasteiger partial charge in [0.15, 0.2) is 5.11 Å². The Hall–Kier alpha value is -2.73. The van der Waals surface area contributed by atoms with E-state index in [1.54, 1.807) is 6.20 Å². The summed E-state index contributed by atoms with van der Waals surface area (Å²) in [5.74, 6) is 0. The average Bonchev–Trinajstić information content (AvgIpc) is 2.69. The third kappa shape index (κ3) is 4.95. The van der Waals surface area contributed by atoms with Crippen molar-refractivity contribution in [3.8, 4) is 0 Å². The monoisotopic (exact) mass is 394 g/mol. The molecule has 0 unspecified atom stereocenters. The molecule has 2 N–H and O–H groups in total. The lowest BCUT2D eigenvalue weighted by Gasteiger charge is -2.26. The molecule has 5 nitrogen and oxygen atoms in total. The number of hydrogen-bond donors (Lipinski definition) is 2. The zero-order valence-electron chi connectivity index (χ0n) is 16.4. The van der Waals surface area contributed by atoms with Crippen molar-refractivity contribution in [1.29, 1.82) is 0 Å². The Labute approximate surface area is 170 Å². The van der Waals surface area contributed by atoms with Crippen LogP contribution in [-0.2, 0) is 13.1 Å². The molecule has 0 fully saturated rings. The predicted molar refractivity (Wildman–Crippen MR) is 118 cm³/mol. The van der Waals surface area contributed by atoms with Crippen LogP contribution in [-0.4, -0.2) is 26.5 Å². The molecule has 3 aromatic rings. The first-order valence-electron chi connectivity index (χ1n) is 9.61. The van der Waals surface area contributed by atoms with Crippen LogP contribution in [0.1, 0.15) is 36.5 Å². The first kappa shape index (κ1) is 20.0. The summed E-state index contributed by atoms with van der Waals surface area (Å²) in [7, 11) is 0. The van der Waals surface area contributed by atoms with Crippen molar-refractivity contribution >= 4 is 28.2 Å². The minimum atomic E-state index is -0.0747. The van der Waals surface area contributed by atoms with Crippen molar-refractivity contribution in [3.05, 3.63) is 75.8 Å². The number of thiocarbonyl (C=S) groups is 1. The highest BCUT2D eigenvalue weighted by atomic mass is 32.1. The molecule has 0 saturated heterocycles. The largest absolute Gasteiger partial charge is 0.363 e. The molecule has 0 saturated carbocycles. The van der Waals surface area contributed by atoms with Crippen LogP contribution in [0.5, 0.6) is 0 Å². The number of fused-ring (bicyclic) bond motifs is 1. The van der Waals surface area contributed by atoms with Gasteiger partial charge in [0.1, 0.15) is 0 Å². The minimum absolute atomic E-state index is 0.0747. The molecular formula is C22H26N4OS. The van der Waals surface area contributed by atoms with Gasteiger partial charge in [0.25, 0.3) is 5.56 Å². The van der Waals surface area contributed by atoms with Crippen molar-refractivity contribution in [2.24, 2.45) is 0 Å². The number of rotatable bonds is 7. The van der Waals surface area contributed by atoms with Crippen LogP contribution in [0.25, 0.3) is 10.9 Å². The fourth-order valence-corrected chi connectivity index (χ4v) is 3.38. The van der Waals surface area contributed by atoms with E-state index in [1.165, 1.54) is 0 Å². The number of benzene rings is 1. The van der Waals surface area contributed by atoms with E-state index in [-0.39, 0.29) is 5.56 Å². The summed E-state index contributed by atoms with van der Waals surface area (Å²) in [6.07, 6.45) is 5.73. The van der Waals surface area contributed by atoms with E-state index in [2.05, 4.69) is 22.2 Å². The summed E-state index contributed by atoms with van der Waals surface area (Å²) in [5, 5.41) is 5.00. The van der Waals surface area contributed by atoms with Gasteiger partial charge in [-0.15, -0.1) is 0 Å². The lowest BCUT2D eigenvalue weighted by Crippen LogP contribution is -2.40. The van der Waals surface area contributed by atoms with Crippen LogP contribution in [0, 0.1) is 6.92 Å². The van der Waals surface area contributed by atoms with Gasteiger partial charge in [-0.05, 0) is 54.2 Å². The first-order valence-corrected chi connectivity index (χ1v) is 10.0. The molecular weight excluding hydrogens is 368 g/mol. The molecule has 6 heteroatoms. The molecule has 2 aromatic heterocycles. The Balaban J connectivity index is 1.87. The molecule has 0 aliphatic carbocycles. The zero-order chi connectivity index (χ0) is 19.9. The first-order chi connectivity index (χ1) is 13.6. The molecule has 3 rings (SSSR count). The van der Waals surface area contributed by atoms with Gasteiger partial charge in [-0.1, -0.05) is 37.6 Å². The van der Waals surface area contributed by atoms with Crippen LogP contribution in [0.3, 0.4) is 0 Å². The van der Waals surface area contributed by atoms with Crippen LogP contribution in [0.2, 0.25) is 0 Å². The van der Waals surface area contributed by atoms with Crippen molar-refractivity contribution < 1.29 is 0 Å². The van der Waals surface area contributed by atoms with E-state index in [0.717, 1.165) is 41.4 Å². The number of para-hydroxylation sites is 1. The summed E-state index contributed by atoms with van der Waals surface area (Å²) in [6.45, 7) is 6.00. The highest BCUT2D eigenvalue weighted by Gasteiger charge is 2.14. The summed E-state index contributed by atoms with van der Waals surface area (Å²) in [5.41, 5.74) is 3.62. The van der Waals surface area contributed by atoms with Gasteiger partial charge in [-0.25, -0.2) is 0 Å². The Morgan fingerprint density at radius 1 is 1.25 bits per heavy atom. The molecule has 0 bridgehead atoms. The van der Waals surface area contributed by atoms with Crippen molar-refractivity contribution in [1.82, 2.24) is 20.2 Å². The third-order valence-electron chi connectivity index (χ3n) is 4.72. The van der Waals surface area contributed by atoms with Gasteiger partial charge in [-0.3, -0.25) is 9.78 Å². The smallest absolute Gasteiger partial charge is 0.253 e. The molecule has 1 aromatic carbocycles. The van der Waals surface area contributed by atoms with Crippen molar-refractivity contribution in [2.75, 3.05) is 6.54 Å². The Bertz CT molecular complexity index is 1000. The van der Waals surface area contributed by atoms with Crippen LogP contribution >= 0.6 is 12.2 Å². The highest BCUT2D eigenvalue weighted by Crippen LogP contribution is 2.16. The van der Waals surface area contributed by atoms with Crippen LogP contribution < -0.4 is 10.9 Å². The topological polar surface area (TPSA) is 61.0 Å². The SMILES string of the molecule is CCCCNC(=S)N(Cc1cccnc1)Cc1cc2cccc(C)c2[nH]c1=O. The molecule has 146 valence electrons. The van der Waals surface area contributed by atoms with Gasteiger partial charge in [-0.2, -0.15) is 0 Å². The molecule has 2 heterocycles.